The monoisotopic (exact) mass is 445 g/mol. The lowest BCUT2D eigenvalue weighted by Crippen LogP contribution is -2.39. The average molecular weight is 445 g/mol. The Labute approximate surface area is 148 Å². The second-order valence-electron chi connectivity index (χ2n) is 4.31. The summed E-state index contributed by atoms with van der Waals surface area (Å²) in [4.78, 5) is 6.68. The lowest BCUT2D eigenvalue weighted by atomic mass is 10.4. The van der Waals surface area contributed by atoms with Crippen LogP contribution in [-0.2, 0) is 22.8 Å². The number of aryl methyl sites for hydroxylation is 1. The standard InChI is InChI=1S/C13H23N3O2S2.HI/c1-4-11-6-7-12(19-11)10-16-13(14-3)15-8-9-20(17,18)5-2;/h6-7H,4-5,8-10H2,1-3H3,(H2,14,15,16);1H. The SMILES string of the molecule is CCc1ccc(CNC(=NC)NCCS(=O)(=O)CC)s1.I. The van der Waals surface area contributed by atoms with Gasteiger partial charge in [0, 0.05) is 29.1 Å². The maximum absolute atomic E-state index is 11.4. The van der Waals surface area contributed by atoms with Gasteiger partial charge >= 0.3 is 0 Å². The molecule has 0 bridgehead atoms. The van der Waals surface area contributed by atoms with E-state index in [-0.39, 0.29) is 35.5 Å². The fourth-order valence-electron chi connectivity index (χ4n) is 1.57. The molecular formula is C13H24IN3O2S2. The minimum atomic E-state index is -2.93. The summed E-state index contributed by atoms with van der Waals surface area (Å²) in [6.07, 6.45) is 1.05. The van der Waals surface area contributed by atoms with E-state index in [0.29, 0.717) is 19.0 Å². The Hall–Kier alpha value is -0.350. The normalized spacial score (nSPS) is 11.9. The zero-order chi connectivity index (χ0) is 15.0. The maximum atomic E-state index is 11.4. The van der Waals surface area contributed by atoms with Crippen molar-refractivity contribution in [1.82, 2.24) is 10.6 Å². The molecule has 0 radical (unpaired) electrons. The Morgan fingerprint density at radius 2 is 1.90 bits per heavy atom. The van der Waals surface area contributed by atoms with Crippen molar-refractivity contribution < 1.29 is 8.42 Å². The van der Waals surface area contributed by atoms with Crippen molar-refractivity contribution in [3.63, 3.8) is 0 Å². The van der Waals surface area contributed by atoms with Gasteiger partial charge < -0.3 is 10.6 Å². The number of aliphatic imine (C=N–C) groups is 1. The van der Waals surface area contributed by atoms with E-state index >= 15 is 0 Å². The molecule has 1 heterocycles. The summed E-state index contributed by atoms with van der Waals surface area (Å²) < 4.78 is 22.8. The molecule has 0 aliphatic heterocycles. The topological polar surface area (TPSA) is 70.6 Å². The number of guanidine groups is 1. The summed E-state index contributed by atoms with van der Waals surface area (Å²) in [5.41, 5.74) is 0. The minimum absolute atomic E-state index is 0. The molecule has 0 spiro atoms. The Balaban J connectivity index is 0.00000400. The number of nitrogens with one attached hydrogen (secondary N) is 2. The minimum Gasteiger partial charge on any atom is -0.355 e. The van der Waals surface area contributed by atoms with Gasteiger partial charge in [-0.3, -0.25) is 4.99 Å². The Morgan fingerprint density at radius 3 is 2.43 bits per heavy atom. The van der Waals surface area contributed by atoms with Crippen LogP contribution in [0.1, 0.15) is 23.6 Å². The third-order valence-corrected chi connectivity index (χ3v) is 5.80. The highest BCUT2D eigenvalue weighted by Gasteiger charge is 2.07. The molecule has 1 aromatic rings. The quantitative estimate of drug-likeness (QED) is 0.383. The summed E-state index contributed by atoms with van der Waals surface area (Å²) in [5, 5.41) is 6.20. The van der Waals surface area contributed by atoms with E-state index in [4.69, 9.17) is 0 Å². The summed E-state index contributed by atoms with van der Waals surface area (Å²) in [6.45, 7) is 4.87. The van der Waals surface area contributed by atoms with Crippen LogP contribution in [0.5, 0.6) is 0 Å². The van der Waals surface area contributed by atoms with Crippen LogP contribution in [0.15, 0.2) is 17.1 Å². The van der Waals surface area contributed by atoms with Crippen LogP contribution < -0.4 is 10.6 Å². The van der Waals surface area contributed by atoms with E-state index in [2.05, 4.69) is 34.7 Å². The number of thiophene rings is 1. The molecular weight excluding hydrogens is 421 g/mol. The largest absolute Gasteiger partial charge is 0.355 e. The highest BCUT2D eigenvalue weighted by Crippen LogP contribution is 2.16. The smallest absolute Gasteiger partial charge is 0.191 e. The van der Waals surface area contributed by atoms with Crippen molar-refractivity contribution in [2.75, 3.05) is 25.1 Å². The first kappa shape index (κ1) is 20.6. The van der Waals surface area contributed by atoms with Crippen LogP contribution in [0, 0.1) is 0 Å². The number of sulfone groups is 1. The number of nitrogens with zero attached hydrogens (tertiary/aromatic N) is 1. The molecule has 0 fully saturated rings. The predicted octanol–water partition coefficient (Wildman–Crippen LogP) is 2.03. The molecule has 0 aromatic carbocycles. The third kappa shape index (κ3) is 8.01. The zero-order valence-corrected chi connectivity index (χ0v) is 16.6. The molecule has 0 saturated carbocycles. The molecule has 0 aliphatic rings. The maximum Gasteiger partial charge on any atom is 0.191 e. The second kappa shape index (κ2) is 10.4. The Kier molecular flexibility index (Phi) is 10.2. The van der Waals surface area contributed by atoms with E-state index in [9.17, 15) is 8.42 Å². The number of hydrogen-bond acceptors (Lipinski definition) is 4. The summed E-state index contributed by atoms with van der Waals surface area (Å²) in [6, 6.07) is 4.23. The van der Waals surface area contributed by atoms with Crippen LogP contribution in [0.25, 0.3) is 0 Å². The molecule has 0 amide bonds. The molecule has 122 valence electrons. The van der Waals surface area contributed by atoms with Gasteiger partial charge in [0.05, 0.1) is 12.3 Å². The molecule has 8 heteroatoms. The van der Waals surface area contributed by atoms with Gasteiger partial charge in [0.25, 0.3) is 0 Å². The van der Waals surface area contributed by atoms with Crippen molar-refractivity contribution in [1.29, 1.82) is 0 Å². The van der Waals surface area contributed by atoms with Crippen molar-refractivity contribution in [3.8, 4) is 0 Å². The van der Waals surface area contributed by atoms with Crippen molar-refractivity contribution in [3.05, 3.63) is 21.9 Å². The predicted molar refractivity (Wildman–Crippen MR) is 102 cm³/mol. The summed E-state index contributed by atoms with van der Waals surface area (Å²) in [7, 11) is -1.26. The molecule has 21 heavy (non-hydrogen) atoms. The van der Waals surface area contributed by atoms with Crippen molar-refractivity contribution in [2.24, 2.45) is 4.99 Å². The van der Waals surface area contributed by atoms with Crippen LogP contribution in [0.3, 0.4) is 0 Å². The van der Waals surface area contributed by atoms with Gasteiger partial charge in [-0.2, -0.15) is 0 Å². The lowest BCUT2D eigenvalue weighted by Gasteiger charge is -2.11. The van der Waals surface area contributed by atoms with Crippen LogP contribution in [-0.4, -0.2) is 39.5 Å². The molecule has 1 aromatic heterocycles. The Morgan fingerprint density at radius 1 is 1.24 bits per heavy atom. The fraction of sp³-hybridized carbons (Fsp3) is 0.615. The summed E-state index contributed by atoms with van der Waals surface area (Å²) >= 11 is 1.78. The van der Waals surface area contributed by atoms with Crippen LogP contribution >= 0.6 is 35.3 Å². The van der Waals surface area contributed by atoms with Gasteiger partial charge in [0.2, 0.25) is 0 Å². The molecule has 5 nitrogen and oxygen atoms in total. The number of hydrogen-bond donors (Lipinski definition) is 2. The molecule has 1 rings (SSSR count). The highest BCUT2D eigenvalue weighted by molar-refractivity contribution is 14.0. The van der Waals surface area contributed by atoms with E-state index < -0.39 is 9.84 Å². The first-order valence-electron chi connectivity index (χ1n) is 6.73. The van der Waals surface area contributed by atoms with Gasteiger partial charge in [-0.1, -0.05) is 13.8 Å². The van der Waals surface area contributed by atoms with E-state index in [1.807, 2.05) is 0 Å². The second-order valence-corrected chi connectivity index (χ2v) is 8.04. The summed E-state index contributed by atoms with van der Waals surface area (Å²) in [5.74, 6) is 0.932. The van der Waals surface area contributed by atoms with Gasteiger partial charge in [0.1, 0.15) is 0 Å². The Bertz CT molecular complexity index is 541. The van der Waals surface area contributed by atoms with Crippen LogP contribution in [0.4, 0.5) is 0 Å². The molecule has 0 atom stereocenters. The molecule has 2 N–H and O–H groups in total. The molecule has 0 aliphatic carbocycles. The van der Waals surface area contributed by atoms with Gasteiger partial charge in [-0.15, -0.1) is 35.3 Å². The molecule has 0 saturated heterocycles. The van der Waals surface area contributed by atoms with Gasteiger partial charge in [-0.25, -0.2) is 8.42 Å². The van der Waals surface area contributed by atoms with E-state index in [0.717, 1.165) is 6.42 Å². The number of rotatable bonds is 7. The average Bonchev–Trinajstić information content (AvgIpc) is 2.90. The third-order valence-electron chi connectivity index (χ3n) is 2.86. The zero-order valence-electron chi connectivity index (χ0n) is 12.7. The van der Waals surface area contributed by atoms with Gasteiger partial charge in [-0.05, 0) is 18.6 Å². The first-order valence-corrected chi connectivity index (χ1v) is 9.37. The lowest BCUT2D eigenvalue weighted by molar-refractivity contribution is 0.595. The first-order chi connectivity index (χ1) is 9.50. The fourth-order valence-corrected chi connectivity index (χ4v) is 3.17. The van der Waals surface area contributed by atoms with Crippen molar-refractivity contribution in [2.45, 2.75) is 26.8 Å². The van der Waals surface area contributed by atoms with Crippen molar-refractivity contribution >= 4 is 51.1 Å². The molecule has 0 unspecified atom stereocenters. The van der Waals surface area contributed by atoms with E-state index in [1.165, 1.54) is 9.75 Å². The van der Waals surface area contributed by atoms with E-state index in [1.54, 1.807) is 25.3 Å². The number of halogens is 1. The highest BCUT2D eigenvalue weighted by atomic mass is 127. The van der Waals surface area contributed by atoms with Crippen LogP contribution in [0.2, 0.25) is 0 Å². The van der Waals surface area contributed by atoms with Gasteiger partial charge in [0.15, 0.2) is 15.8 Å².